The van der Waals surface area contributed by atoms with Crippen molar-refractivity contribution in [2.75, 3.05) is 19.8 Å². The van der Waals surface area contributed by atoms with Crippen molar-refractivity contribution in [3.05, 3.63) is 52.0 Å². The zero-order chi connectivity index (χ0) is 17.8. The van der Waals surface area contributed by atoms with E-state index >= 15 is 0 Å². The van der Waals surface area contributed by atoms with Crippen LogP contribution in [0.5, 0.6) is 5.75 Å². The van der Waals surface area contributed by atoms with Gasteiger partial charge in [-0.1, -0.05) is 0 Å². The van der Waals surface area contributed by atoms with Gasteiger partial charge in [-0.05, 0) is 25.1 Å². The molecule has 1 aliphatic rings. The topological polar surface area (TPSA) is 107 Å². The van der Waals surface area contributed by atoms with Crippen LogP contribution < -0.4 is 21.0 Å². The molecular formula is C17H16N2O6. The molecule has 1 aliphatic heterocycles. The second kappa shape index (κ2) is 7.08. The van der Waals surface area contributed by atoms with Crippen LogP contribution in [-0.2, 0) is 9.53 Å². The average molecular weight is 344 g/mol. The summed E-state index contributed by atoms with van der Waals surface area (Å²) >= 11 is 0. The summed E-state index contributed by atoms with van der Waals surface area (Å²) in [7, 11) is 0. The van der Waals surface area contributed by atoms with Crippen molar-refractivity contribution < 1.29 is 23.5 Å². The van der Waals surface area contributed by atoms with E-state index < -0.39 is 17.6 Å². The fourth-order valence-electron chi connectivity index (χ4n) is 2.36. The van der Waals surface area contributed by atoms with Crippen LogP contribution in [0.4, 0.5) is 4.79 Å². The standard InChI is InChI=1S/C17H16N2O6/c1-2-23-16(21)12-8-18-17(22)19-13(12)9-24-11-5-3-10-4-6-15(20)25-14(10)7-11/h3-7H,2,8-9H2,1H3,(H2,18,19,22). The lowest BCUT2D eigenvalue weighted by Gasteiger charge is -2.21. The molecule has 0 atom stereocenters. The molecule has 0 radical (unpaired) electrons. The Labute approximate surface area is 142 Å². The average Bonchev–Trinajstić information content (AvgIpc) is 2.59. The van der Waals surface area contributed by atoms with Crippen LogP contribution in [0.25, 0.3) is 11.0 Å². The summed E-state index contributed by atoms with van der Waals surface area (Å²) in [6.45, 7) is 1.96. The van der Waals surface area contributed by atoms with E-state index in [-0.39, 0.29) is 19.8 Å². The number of benzene rings is 1. The van der Waals surface area contributed by atoms with Crippen molar-refractivity contribution >= 4 is 23.0 Å². The number of amides is 2. The Bertz CT molecular complexity index is 915. The van der Waals surface area contributed by atoms with Crippen LogP contribution in [0.3, 0.4) is 0 Å². The largest absolute Gasteiger partial charge is 0.487 e. The summed E-state index contributed by atoms with van der Waals surface area (Å²) in [6, 6.07) is 7.59. The summed E-state index contributed by atoms with van der Waals surface area (Å²) in [4.78, 5) is 34.8. The second-order valence-electron chi connectivity index (χ2n) is 5.23. The minimum atomic E-state index is -0.516. The summed E-state index contributed by atoms with van der Waals surface area (Å²) < 4.78 is 15.7. The first kappa shape index (κ1) is 16.6. The highest BCUT2D eigenvalue weighted by molar-refractivity contribution is 5.93. The Morgan fingerprint density at radius 1 is 1.24 bits per heavy atom. The Morgan fingerprint density at radius 2 is 2.04 bits per heavy atom. The van der Waals surface area contributed by atoms with Gasteiger partial charge in [0, 0.05) is 17.5 Å². The maximum atomic E-state index is 12.0. The van der Waals surface area contributed by atoms with Crippen molar-refractivity contribution in [1.82, 2.24) is 10.6 Å². The number of esters is 1. The Morgan fingerprint density at radius 3 is 2.84 bits per heavy atom. The predicted octanol–water partition coefficient (Wildman–Crippen LogP) is 1.30. The number of nitrogens with one attached hydrogen (secondary N) is 2. The highest BCUT2D eigenvalue weighted by Crippen LogP contribution is 2.20. The monoisotopic (exact) mass is 344 g/mol. The van der Waals surface area contributed by atoms with E-state index in [0.29, 0.717) is 22.6 Å². The van der Waals surface area contributed by atoms with Gasteiger partial charge in [-0.15, -0.1) is 0 Å². The van der Waals surface area contributed by atoms with Gasteiger partial charge in [-0.25, -0.2) is 14.4 Å². The predicted molar refractivity (Wildman–Crippen MR) is 88.2 cm³/mol. The Balaban J connectivity index is 1.81. The maximum Gasteiger partial charge on any atom is 0.337 e. The van der Waals surface area contributed by atoms with Crippen molar-refractivity contribution in [3.8, 4) is 5.75 Å². The lowest BCUT2D eigenvalue weighted by Crippen LogP contribution is -2.45. The van der Waals surface area contributed by atoms with Crippen LogP contribution in [-0.4, -0.2) is 31.8 Å². The van der Waals surface area contributed by atoms with E-state index in [2.05, 4.69) is 10.6 Å². The minimum absolute atomic E-state index is 0.0376. The van der Waals surface area contributed by atoms with Crippen molar-refractivity contribution in [2.24, 2.45) is 0 Å². The number of fused-ring (bicyclic) bond motifs is 1. The highest BCUT2D eigenvalue weighted by atomic mass is 16.5. The smallest absolute Gasteiger partial charge is 0.337 e. The quantitative estimate of drug-likeness (QED) is 0.625. The first-order valence-electron chi connectivity index (χ1n) is 7.67. The van der Waals surface area contributed by atoms with Gasteiger partial charge in [-0.3, -0.25) is 0 Å². The number of rotatable bonds is 5. The number of urea groups is 1. The Hall–Kier alpha value is -3.29. The molecule has 1 aromatic carbocycles. The van der Waals surface area contributed by atoms with E-state index in [1.165, 1.54) is 6.07 Å². The zero-order valence-corrected chi connectivity index (χ0v) is 13.5. The van der Waals surface area contributed by atoms with E-state index in [0.717, 1.165) is 5.39 Å². The molecule has 2 aromatic rings. The van der Waals surface area contributed by atoms with Gasteiger partial charge in [0.2, 0.25) is 0 Å². The van der Waals surface area contributed by atoms with Crippen molar-refractivity contribution in [2.45, 2.75) is 6.92 Å². The van der Waals surface area contributed by atoms with Crippen LogP contribution >= 0.6 is 0 Å². The molecule has 25 heavy (non-hydrogen) atoms. The SMILES string of the molecule is CCOC(=O)C1=C(COc2ccc3ccc(=O)oc3c2)NC(=O)NC1. The van der Waals surface area contributed by atoms with Gasteiger partial charge in [0.25, 0.3) is 0 Å². The molecule has 0 saturated carbocycles. The number of hydrogen-bond acceptors (Lipinski definition) is 6. The summed E-state index contributed by atoms with van der Waals surface area (Å²) in [5.41, 5.74) is 0.562. The third kappa shape index (κ3) is 3.79. The van der Waals surface area contributed by atoms with Gasteiger partial charge < -0.3 is 24.5 Å². The molecule has 0 fully saturated rings. The Kier molecular flexibility index (Phi) is 4.69. The summed E-state index contributed by atoms with van der Waals surface area (Å²) in [6.07, 6.45) is 0. The molecule has 2 amide bonds. The molecule has 130 valence electrons. The fraction of sp³-hybridized carbons (Fsp3) is 0.235. The van der Waals surface area contributed by atoms with Gasteiger partial charge in [0.15, 0.2) is 0 Å². The number of ether oxygens (including phenoxy) is 2. The first-order valence-corrected chi connectivity index (χ1v) is 7.67. The molecule has 2 N–H and O–H groups in total. The van der Waals surface area contributed by atoms with Gasteiger partial charge in [0.1, 0.15) is 17.9 Å². The highest BCUT2D eigenvalue weighted by Gasteiger charge is 2.24. The molecule has 0 bridgehead atoms. The van der Waals surface area contributed by atoms with Gasteiger partial charge >= 0.3 is 17.6 Å². The molecule has 8 nitrogen and oxygen atoms in total. The van der Waals surface area contributed by atoms with E-state index in [1.807, 2.05) is 0 Å². The third-order valence-electron chi connectivity index (χ3n) is 3.55. The van der Waals surface area contributed by atoms with Crippen molar-refractivity contribution in [3.63, 3.8) is 0 Å². The summed E-state index contributed by atoms with van der Waals surface area (Å²) in [5.74, 6) is -0.0801. The second-order valence-corrected chi connectivity index (χ2v) is 5.23. The molecule has 0 aliphatic carbocycles. The molecule has 0 spiro atoms. The van der Waals surface area contributed by atoms with E-state index in [4.69, 9.17) is 13.9 Å². The van der Waals surface area contributed by atoms with E-state index in [9.17, 15) is 14.4 Å². The minimum Gasteiger partial charge on any atom is -0.487 e. The molecule has 2 heterocycles. The third-order valence-corrected chi connectivity index (χ3v) is 3.55. The lowest BCUT2D eigenvalue weighted by molar-refractivity contribution is -0.138. The van der Waals surface area contributed by atoms with Crippen LogP contribution in [0, 0.1) is 0 Å². The maximum absolute atomic E-state index is 12.0. The normalized spacial score (nSPS) is 14.0. The number of hydrogen-bond donors (Lipinski definition) is 2. The molecular weight excluding hydrogens is 328 g/mol. The van der Waals surface area contributed by atoms with Gasteiger partial charge in [0.05, 0.1) is 24.4 Å². The van der Waals surface area contributed by atoms with Crippen LogP contribution in [0.1, 0.15) is 6.92 Å². The number of carbonyl (C=O) groups excluding carboxylic acids is 2. The van der Waals surface area contributed by atoms with E-state index in [1.54, 1.807) is 31.2 Å². The molecule has 0 unspecified atom stereocenters. The number of carbonyl (C=O) groups is 2. The van der Waals surface area contributed by atoms with Gasteiger partial charge in [-0.2, -0.15) is 0 Å². The van der Waals surface area contributed by atoms with Crippen molar-refractivity contribution in [1.29, 1.82) is 0 Å². The summed E-state index contributed by atoms with van der Waals surface area (Å²) in [5, 5.41) is 5.83. The molecule has 1 aromatic heterocycles. The first-order chi connectivity index (χ1) is 12.1. The molecule has 8 heteroatoms. The van der Waals surface area contributed by atoms with Crippen LogP contribution in [0.15, 0.2) is 50.8 Å². The lowest BCUT2D eigenvalue weighted by atomic mass is 10.1. The fourth-order valence-corrected chi connectivity index (χ4v) is 2.36. The molecule has 0 saturated heterocycles. The molecule has 3 rings (SSSR count). The van der Waals surface area contributed by atoms with Crippen LogP contribution in [0.2, 0.25) is 0 Å². The zero-order valence-electron chi connectivity index (χ0n) is 13.5.